The zero-order valence-electron chi connectivity index (χ0n) is 17.2. The predicted molar refractivity (Wildman–Crippen MR) is 121 cm³/mol. The lowest BCUT2D eigenvalue weighted by Crippen LogP contribution is -2.47. The SMILES string of the molecule is O=C(c1cccs1)N(c1ccc(F)cc1)C1CCN(Cc2ccc(O)c([N+](=O)[O-])c2)CC1. The van der Waals surface area contributed by atoms with Crippen LogP contribution in [-0.2, 0) is 6.54 Å². The Balaban J connectivity index is 1.48. The predicted octanol–water partition coefficient (Wildman–Crippen LogP) is 4.81. The molecule has 0 saturated carbocycles. The molecule has 1 aliphatic rings. The number of nitro groups is 1. The van der Waals surface area contributed by atoms with E-state index in [9.17, 15) is 24.4 Å². The number of rotatable bonds is 6. The van der Waals surface area contributed by atoms with Gasteiger partial charge in [-0.15, -0.1) is 11.3 Å². The summed E-state index contributed by atoms with van der Waals surface area (Å²) in [5, 5.41) is 22.6. The Morgan fingerprint density at radius 2 is 1.91 bits per heavy atom. The van der Waals surface area contributed by atoms with Crippen LogP contribution in [0.1, 0.15) is 28.1 Å². The molecule has 1 N–H and O–H groups in total. The molecule has 166 valence electrons. The molecule has 0 bridgehead atoms. The Labute approximate surface area is 188 Å². The van der Waals surface area contributed by atoms with Gasteiger partial charge in [-0.05, 0) is 60.2 Å². The van der Waals surface area contributed by atoms with Gasteiger partial charge in [0.05, 0.1) is 9.80 Å². The number of carbonyl (C=O) groups is 1. The molecule has 1 fully saturated rings. The number of benzene rings is 2. The molecular formula is C23H22FN3O4S. The summed E-state index contributed by atoms with van der Waals surface area (Å²) >= 11 is 1.38. The van der Waals surface area contributed by atoms with Crippen molar-refractivity contribution >= 4 is 28.6 Å². The molecule has 1 saturated heterocycles. The van der Waals surface area contributed by atoms with E-state index in [4.69, 9.17) is 0 Å². The van der Waals surface area contributed by atoms with Crippen LogP contribution in [0.5, 0.6) is 5.75 Å². The van der Waals surface area contributed by atoms with Crippen molar-refractivity contribution in [1.29, 1.82) is 0 Å². The van der Waals surface area contributed by atoms with E-state index in [0.29, 0.717) is 43.0 Å². The van der Waals surface area contributed by atoms with Crippen LogP contribution in [0.2, 0.25) is 0 Å². The highest BCUT2D eigenvalue weighted by Crippen LogP contribution is 2.30. The van der Waals surface area contributed by atoms with Crippen molar-refractivity contribution in [3.05, 3.63) is 86.3 Å². The van der Waals surface area contributed by atoms with Crippen molar-refractivity contribution in [3.8, 4) is 5.75 Å². The summed E-state index contributed by atoms with van der Waals surface area (Å²) < 4.78 is 13.5. The Hall–Kier alpha value is -3.30. The first kappa shape index (κ1) is 21.9. The second-order valence-electron chi connectivity index (χ2n) is 7.72. The molecule has 3 aromatic rings. The fraction of sp³-hybridized carbons (Fsp3) is 0.261. The lowest BCUT2D eigenvalue weighted by molar-refractivity contribution is -0.385. The van der Waals surface area contributed by atoms with Crippen molar-refractivity contribution < 1.29 is 19.2 Å². The third-order valence-electron chi connectivity index (χ3n) is 5.62. The Kier molecular flexibility index (Phi) is 6.48. The van der Waals surface area contributed by atoms with Crippen LogP contribution in [0.15, 0.2) is 60.0 Å². The Morgan fingerprint density at radius 1 is 1.19 bits per heavy atom. The number of amides is 1. The topological polar surface area (TPSA) is 86.9 Å². The lowest BCUT2D eigenvalue weighted by Gasteiger charge is -2.38. The normalized spacial score (nSPS) is 14.9. The van der Waals surface area contributed by atoms with Crippen LogP contribution < -0.4 is 4.90 Å². The molecule has 32 heavy (non-hydrogen) atoms. The molecule has 0 spiro atoms. The van der Waals surface area contributed by atoms with Gasteiger partial charge in [0, 0.05) is 37.4 Å². The summed E-state index contributed by atoms with van der Waals surface area (Å²) in [6.07, 6.45) is 1.43. The maximum Gasteiger partial charge on any atom is 0.311 e. The zero-order chi connectivity index (χ0) is 22.7. The minimum atomic E-state index is -0.595. The smallest absolute Gasteiger partial charge is 0.311 e. The molecule has 4 rings (SSSR count). The average Bonchev–Trinajstić information content (AvgIpc) is 3.32. The van der Waals surface area contributed by atoms with Crippen molar-refractivity contribution in [1.82, 2.24) is 4.90 Å². The van der Waals surface area contributed by atoms with E-state index in [1.165, 1.54) is 35.6 Å². The van der Waals surface area contributed by atoms with E-state index in [1.54, 1.807) is 29.2 Å². The highest BCUT2D eigenvalue weighted by molar-refractivity contribution is 7.12. The third kappa shape index (κ3) is 4.79. The monoisotopic (exact) mass is 455 g/mol. The van der Waals surface area contributed by atoms with Crippen LogP contribution in [-0.4, -0.2) is 40.0 Å². The summed E-state index contributed by atoms with van der Waals surface area (Å²) in [7, 11) is 0. The van der Waals surface area contributed by atoms with Gasteiger partial charge in [0.2, 0.25) is 0 Å². The number of thiophene rings is 1. The van der Waals surface area contributed by atoms with Gasteiger partial charge in [0.15, 0.2) is 5.75 Å². The summed E-state index contributed by atoms with van der Waals surface area (Å²) in [5.41, 5.74) is 1.11. The van der Waals surface area contributed by atoms with Crippen molar-refractivity contribution in [2.24, 2.45) is 0 Å². The lowest BCUT2D eigenvalue weighted by atomic mass is 10.0. The summed E-state index contributed by atoms with van der Waals surface area (Å²) in [4.78, 5) is 28.3. The molecule has 0 aliphatic carbocycles. The number of hydrogen-bond donors (Lipinski definition) is 1. The first-order valence-corrected chi connectivity index (χ1v) is 11.1. The van der Waals surface area contributed by atoms with Gasteiger partial charge in [0.1, 0.15) is 5.82 Å². The molecule has 1 aromatic heterocycles. The van der Waals surface area contributed by atoms with Gasteiger partial charge in [-0.25, -0.2) is 4.39 Å². The first-order chi connectivity index (χ1) is 15.4. The molecule has 0 unspecified atom stereocenters. The first-order valence-electron chi connectivity index (χ1n) is 10.2. The van der Waals surface area contributed by atoms with Crippen LogP contribution in [0, 0.1) is 15.9 Å². The maximum atomic E-state index is 13.5. The van der Waals surface area contributed by atoms with Gasteiger partial charge >= 0.3 is 5.69 Å². The minimum Gasteiger partial charge on any atom is -0.502 e. The van der Waals surface area contributed by atoms with E-state index < -0.39 is 4.92 Å². The Bertz CT molecular complexity index is 1100. The van der Waals surface area contributed by atoms with E-state index in [2.05, 4.69) is 4.90 Å². The zero-order valence-corrected chi connectivity index (χ0v) is 18.0. The standard InChI is InChI=1S/C23H22FN3O4S/c24-17-4-6-18(7-5-17)26(23(29)22-2-1-13-32-22)19-9-11-25(12-10-19)15-16-3-8-21(28)20(14-16)27(30)31/h1-8,13-14,19,28H,9-12,15H2. The van der Waals surface area contributed by atoms with Gasteiger partial charge in [0.25, 0.3) is 5.91 Å². The van der Waals surface area contributed by atoms with E-state index >= 15 is 0 Å². The van der Waals surface area contributed by atoms with E-state index in [-0.39, 0.29) is 29.2 Å². The number of carbonyl (C=O) groups excluding carboxylic acids is 1. The number of aromatic hydroxyl groups is 1. The fourth-order valence-corrected chi connectivity index (χ4v) is 4.68. The highest BCUT2D eigenvalue weighted by Gasteiger charge is 2.30. The molecule has 7 nitrogen and oxygen atoms in total. The maximum absolute atomic E-state index is 13.5. The number of nitrogens with zero attached hydrogens (tertiary/aromatic N) is 3. The van der Waals surface area contributed by atoms with Crippen molar-refractivity contribution in [2.45, 2.75) is 25.4 Å². The van der Waals surface area contributed by atoms with Gasteiger partial charge in [-0.3, -0.25) is 19.8 Å². The fourth-order valence-electron chi connectivity index (χ4n) is 4.02. The number of phenols is 1. The van der Waals surface area contributed by atoms with Crippen LogP contribution in [0.4, 0.5) is 15.8 Å². The molecular weight excluding hydrogens is 433 g/mol. The quantitative estimate of drug-likeness (QED) is 0.426. The molecule has 9 heteroatoms. The number of halogens is 1. The van der Waals surface area contributed by atoms with Gasteiger partial charge in [-0.1, -0.05) is 12.1 Å². The second-order valence-corrected chi connectivity index (χ2v) is 8.66. The van der Waals surface area contributed by atoms with E-state index in [0.717, 1.165) is 5.56 Å². The van der Waals surface area contributed by atoms with Crippen LogP contribution in [0.3, 0.4) is 0 Å². The number of phenolic OH excluding ortho intramolecular Hbond substituents is 1. The number of piperidine rings is 1. The van der Waals surface area contributed by atoms with Gasteiger partial charge in [-0.2, -0.15) is 0 Å². The highest BCUT2D eigenvalue weighted by atomic mass is 32.1. The minimum absolute atomic E-state index is 0.0412. The van der Waals surface area contributed by atoms with Crippen molar-refractivity contribution in [3.63, 3.8) is 0 Å². The van der Waals surface area contributed by atoms with E-state index in [1.807, 2.05) is 11.4 Å². The van der Waals surface area contributed by atoms with Crippen molar-refractivity contribution in [2.75, 3.05) is 18.0 Å². The van der Waals surface area contributed by atoms with Gasteiger partial charge < -0.3 is 10.0 Å². The molecule has 0 atom stereocenters. The summed E-state index contributed by atoms with van der Waals surface area (Å²) in [5.74, 6) is -0.797. The largest absolute Gasteiger partial charge is 0.502 e. The number of nitro benzene ring substituents is 1. The summed E-state index contributed by atoms with van der Waals surface area (Å²) in [6, 6.07) is 14.0. The third-order valence-corrected chi connectivity index (χ3v) is 6.48. The number of hydrogen-bond acceptors (Lipinski definition) is 6. The molecule has 2 heterocycles. The second kappa shape index (κ2) is 9.46. The van der Waals surface area contributed by atoms with Crippen LogP contribution >= 0.6 is 11.3 Å². The number of anilines is 1. The molecule has 1 aliphatic heterocycles. The number of likely N-dealkylation sites (tertiary alicyclic amines) is 1. The molecule has 1 amide bonds. The average molecular weight is 456 g/mol. The molecule has 0 radical (unpaired) electrons. The molecule has 2 aromatic carbocycles. The Morgan fingerprint density at radius 3 is 2.53 bits per heavy atom. The summed E-state index contributed by atoms with van der Waals surface area (Å²) in [6.45, 7) is 1.92. The van der Waals surface area contributed by atoms with Crippen LogP contribution in [0.25, 0.3) is 0 Å².